The summed E-state index contributed by atoms with van der Waals surface area (Å²) in [6.07, 6.45) is 2.70. The fraction of sp³-hybridized carbons (Fsp3) is 0.545. The molecule has 0 amide bonds. The fourth-order valence-corrected chi connectivity index (χ4v) is 1.99. The summed E-state index contributed by atoms with van der Waals surface area (Å²) < 4.78 is 5.11. The third-order valence-electron chi connectivity index (χ3n) is 2.00. The third kappa shape index (κ3) is 2.95. The molecule has 88 valence electrons. The molecule has 0 aliphatic heterocycles. The monoisotopic (exact) mass is 240 g/mol. The Bertz CT molecular complexity index is 394. The van der Waals surface area contributed by atoms with E-state index < -0.39 is 0 Å². The maximum absolute atomic E-state index is 11.8. The summed E-state index contributed by atoms with van der Waals surface area (Å²) in [7, 11) is 0. The molecule has 0 aliphatic carbocycles. The lowest BCUT2D eigenvalue weighted by Gasteiger charge is -2.09. The van der Waals surface area contributed by atoms with E-state index in [4.69, 9.17) is 4.74 Å². The summed E-state index contributed by atoms with van der Waals surface area (Å²) >= 11 is 1.43. The zero-order chi connectivity index (χ0) is 12.1. The highest BCUT2D eigenvalue weighted by Crippen LogP contribution is 2.21. The van der Waals surface area contributed by atoms with Gasteiger partial charge in [-0.1, -0.05) is 6.92 Å². The zero-order valence-electron chi connectivity index (χ0n) is 10.0. The molecular formula is C11H16N2O2S. The molecule has 1 aromatic heterocycles. The SMILES string of the molecule is CCCOC(=O)c1c(C)nc(C)nc1SC. The van der Waals surface area contributed by atoms with Crippen LogP contribution < -0.4 is 0 Å². The van der Waals surface area contributed by atoms with Crippen molar-refractivity contribution in [1.82, 2.24) is 9.97 Å². The molecule has 0 aromatic carbocycles. The number of carbonyl (C=O) groups is 1. The van der Waals surface area contributed by atoms with E-state index in [1.807, 2.05) is 20.1 Å². The number of rotatable bonds is 4. The Morgan fingerprint density at radius 2 is 2.06 bits per heavy atom. The topological polar surface area (TPSA) is 52.1 Å². The molecule has 0 unspecified atom stereocenters. The molecule has 0 bridgehead atoms. The first kappa shape index (κ1) is 13.0. The van der Waals surface area contributed by atoms with E-state index in [1.54, 1.807) is 6.92 Å². The third-order valence-corrected chi connectivity index (χ3v) is 2.69. The van der Waals surface area contributed by atoms with Gasteiger partial charge >= 0.3 is 5.97 Å². The second-order valence-electron chi connectivity index (χ2n) is 3.38. The minimum Gasteiger partial charge on any atom is -0.462 e. The van der Waals surface area contributed by atoms with E-state index in [1.165, 1.54) is 11.8 Å². The molecule has 4 nitrogen and oxygen atoms in total. The van der Waals surface area contributed by atoms with Crippen LogP contribution in [0.1, 0.15) is 35.2 Å². The number of carbonyl (C=O) groups excluding carboxylic acids is 1. The van der Waals surface area contributed by atoms with E-state index >= 15 is 0 Å². The molecule has 16 heavy (non-hydrogen) atoms. The van der Waals surface area contributed by atoms with Crippen molar-refractivity contribution in [3.05, 3.63) is 17.1 Å². The zero-order valence-corrected chi connectivity index (χ0v) is 10.8. The Kier molecular flexibility index (Phi) is 4.73. The number of esters is 1. The predicted octanol–water partition coefficient (Wildman–Crippen LogP) is 2.38. The van der Waals surface area contributed by atoms with E-state index in [0.29, 0.717) is 28.7 Å². The Hall–Kier alpha value is -1.10. The van der Waals surface area contributed by atoms with Crippen LogP contribution in [0.4, 0.5) is 0 Å². The van der Waals surface area contributed by atoms with E-state index in [9.17, 15) is 4.79 Å². The minimum absolute atomic E-state index is 0.330. The predicted molar refractivity (Wildman–Crippen MR) is 63.9 cm³/mol. The molecule has 0 spiro atoms. The molecule has 5 heteroatoms. The summed E-state index contributed by atoms with van der Waals surface area (Å²) in [4.78, 5) is 20.2. The average molecular weight is 240 g/mol. The van der Waals surface area contributed by atoms with Crippen LogP contribution >= 0.6 is 11.8 Å². The summed E-state index contributed by atoms with van der Waals surface area (Å²) in [5.74, 6) is 0.345. The van der Waals surface area contributed by atoms with Crippen molar-refractivity contribution in [3.63, 3.8) is 0 Å². The first-order valence-electron chi connectivity index (χ1n) is 5.16. The molecule has 0 aliphatic rings. The standard InChI is InChI=1S/C11H16N2O2S/c1-5-6-15-11(14)9-7(2)12-8(3)13-10(9)16-4/h5-6H2,1-4H3. The molecule has 0 saturated heterocycles. The first-order valence-corrected chi connectivity index (χ1v) is 6.39. The molecule has 0 fully saturated rings. The number of ether oxygens (including phenoxy) is 1. The number of aryl methyl sites for hydroxylation is 2. The van der Waals surface area contributed by atoms with Crippen LogP contribution in [0.25, 0.3) is 0 Å². The number of thioether (sulfide) groups is 1. The van der Waals surface area contributed by atoms with Crippen molar-refractivity contribution in [2.75, 3.05) is 12.9 Å². The van der Waals surface area contributed by atoms with Crippen molar-refractivity contribution in [1.29, 1.82) is 0 Å². The summed E-state index contributed by atoms with van der Waals surface area (Å²) in [5, 5.41) is 0.686. The van der Waals surface area contributed by atoms with Crippen LogP contribution in [0.5, 0.6) is 0 Å². The van der Waals surface area contributed by atoms with Gasteiger partial charge in [0, 0.05) is 0 Å². The van der Waals surface area contributed by atoms with Crippen molar-refractivity contribution in [2.45, 2.75) is 32.2 Å². The minimum atomic E-state index is -0.330. The van der Waals surface area contributed by atoms with Gasteiger partial charge in [0.1, 0.15) is 16.4 Å². The average Bonchev–Trinajstić information content (AvgIpc) is 2.24. The molecule has 0 radical (unpaired) electrons. The van der Waals surface area contributed by atoms with Crippen LogP contribution in [0.3, 0.4) is 0 Å². The normalized spacial score (nSPS) is 10.2. The lowest BCUT2D eigenvalue weighted by Crippen LogP contribution is -2.12. The largest absolute Gasteiger partial charge is 0.462 e. The molecule has 1 heterocycles. The summed E-state index contributed by atoms with van der Waals surface area (Å²) in [6, 6.07) is 0. The van der Waals surface area contributed by atoms with Gasteiger partial charge < -0.3 is 4.74 Å². The van der Waals surface area contributed by atoms with Crippen LogP contribution in [-0.2, 0) is 4.74 Å². The Morgan fingerprint density at radius 3 is 2.62 bits per heavy atom. The van der Waals surface area contributed by atoms with Gasteiger partial charge in [-0.2, -0.15) is 0 Å². The van der Waals surface area contributed by atoms with Crippen molar-refractivity contribution >= 4 is 17.7 Å². The van der Waals surface area contributed by atoms with Crippen LogP contribution in [0, 0.1) is 13.8 Å². The van der Waals surface area contributed by atoms with Gasteiger partial charge in [0.2, 0.25) is 0 Å². The number of nitrogens with zero attached hydrogens (tertiary/aromatic N) is 2. The fourth-order valence-electron chi connectivity index (χ4n) is 1.33. The van der Waals surface area contributed by atoms with Gasteiger partial charge in [0.15, 0.2) is 0 Å². The Labute approximate surface area is 99.8 Å². The van der Waals surface area contributed by atoms with Crippen molar-refractivity contribution in [3.8, 4) is 0 Å². The molecular weight excluding hydrogens is 224 g/mol. The summed E-state index contributed by atoms with van der Waals surface area (Å²) in [5.41, 5.74) is 1.17. The molecule has 0 saturated carbocycles. The maximum Gasteiger partial charge on any atom is 0.342 e. The van der Waals surface area contributed by atoms with Gasteiger partial charge in [-0.3, -0.25) is 0 Å². The van der Waals surface area contributed by atoms with Gasteiger partial charge in [-0.05, 0) is 26.5 Å². The second-order valence-corrected chi connectivity index (χ2v) is 4.17. The van der Waals surface area contributed by atoms with E-state index in [2.05, 4.69) is 9.97 Å². The van der Waals surface area contributed by atoms with Gasteiger partial charge in [-0.15, -0.1) is 11.8 Å². The Balaban J connectivity index is 3.06. The maximum atomic E-state index is 11.8. The lowest BCUT2D eigenvalue weighted by atomic mass is 10.2. The highest BCUT2D eigenvalue weighted by molar-refractivity contribution is 7.98. The number of hydrogen-bond donors (Lipinski definition) is 0. The smallest absolute Gasteiger partial charge is 0.342 e. The quantitative estimate of drug-likeness (QED) is 0.459. The van der Waals surface area contributed by atoms with E-state index in [0.717, 1.165) is 6.42 Å². The molecule has 0 N–H and O–H groups in total. The van der Waals surface area contributed by atoms with E-state index in [-0.39, 0.29) is 5.97 Å². The second kappa shape index (κ2) is 5.84. The van der Waals surface area contributed by atoms with Crippen molar-refractivity contribution < 1.29 is 9.53 Å². The lowest BCUT2D eigenvalue weighted by molar-refractivity contribution is 0.0498. The molecule has 0 atom stereocenters. The highest BCUT2D eigenvalue weighted by atomic mass is 32.2. The molecule has 1 rings (SSSR count). The number of aromatic nitrogens is 2. The molecule has 1 aromatic rings. The van der Waals surface area contributed by atoms with Gasteiger partial charge in [-0.25, -0.2) is 14.8 Å². The number of hydrogen-bond acceptors (Lipinski definition) is 5. The van der Waals surface area contributed by atoms with Gasteiger partial charge in [0.05, 0.1) is 12.3 Å². The van der Waals surface area contributed by atoms with Crippen LogP contribution in [0.15, 0.2) is 5.03 Å². The van der Waals surface area contributed by atoms with Crippen molar-refractivity contribution in [2.24, 2.45) is 0 Å². The van der Waals surface area contributed by atoms with Crippen LogP contribution in [0.2, 0.25) is 0 Å². The Morgan fingerprint density at radius 1 is 1.38 bits per heavy atom. The highest BCUT2D eigenvalue weighted by Gasteiger charge is 2.18. The van der Waals surface area contributed by atoms with Gasteiger partial charge in [0.25, 0.3) is 0 Å². The summed E-state index contributed by atoms with van der Waals surface area (Å²) in [6.45, 7) is 6.01. The first-order chi connectivity index (χ1) is 7.60. The van der Waals surface area contributed by atoms with Crippen LogP contribution in [-0.4, -0.2) is 28.8 Å².